The molecule has 0 saturated carbocycles. The Labute approximate surface area is 542 Å². The maximum Gasteiger partial charge on any atom is 0.0620 e. The second-order valence-electron chi connectivity index (χ2n) is 29.0. The standard InChI is InChI=1S/C91H72N2/c1-51(2)56-23-27-63-47-85-75(38-67(63)33-56)79-42-71(61-18-14-17-60(37-61)55-15-10-9-11-16-55)43-80-77-40-69-35-58(25-29-65(69)49-87(77)92(85)89(79)80)53(5)21-22-54(6)59-26-30-66-50-88-78(41-70(66)36-59)82-45-72(62-31-32-74-73-19-12-13-20-83(73)91(7,8)84(74)46-62)44-81-76-39-68-34-57(52(3)4)24-28-64(68)48-86(76)93(88)90(81)82/h9-20,23-54H,21-22H2,1-8H3. The fourth-order valence-corrected chi connectivity index (χ4v) is 17.0. The monoisotopic (exact) mass is 1190 g/mol. The minimum Gasteiger partial charge on any atom is -0.308 e. The fraction of sp³-hybridized carbons (Fsp3) is 0.165. The Bertz CT molecular complexity index is 6180. The van der Waals surface area contributed by atoms with Crippen molar-refractivity contribution in [3.63, 3.8) is 0 Å². The lowest BCUT2D eigenvalue weighted by Crippen LogP contribution is -2.14. The first-order valence-corrected chi connectivity index (χ1v) is 34.0. The number of hydrogen-bond donors (Lipinski definition) is 0. The van der Waals surface area contributed by atoms with Crippen molar-refractivity contribution in [1.29, 1.82) is 0 Å². The van der Waals surface area contributed by atoms with Crippen molar-refractivity contribution in [3.8, 4) is 44.5 Å². The predicted molar refractivity (Wildman–Crippen MR) is 400 cm³/mol. The van der Waals surface area contributed by atoms with Gasteiger partial charge in [-0.05, 0) is 242 Å². The van der Waals surface area contributed by atoms with E-state index in [1.807, 2.05) is 0 Å². The molecule has 1 aliphatic carbocycles. The molecule has 2 atom stereocenters. The van der Waals surface area contributed by atoms with E-state index in [1.165, 1.54) is 197 Å². The van der Waals surface area contributed by atoms with Gasteiger partial charge in [-0.2, -0.15) is 0 Å². The topological polar surface area (TPSA) is 8.82 Å². The van der Waals surface area contributed by atoms with Gasteiger partial charge in [-0.1, -0.05) is 213 Å². The van der Waals surface area contributed by atoms with E-state index in [9.17, 15) is 0 Å². The molecular formula is C91H72N2. The zero-order valence-electron chi connectivity index (χ0n) is 54.2. The summed E-state index contributed by atoms with van der Waals surface area (Å²) in [6, 6.07) is 94.6. The largest absolute Gasteiger partial charge is 0.308 e. The molecular weight excluding hydrogens is 1120 g/mol. The van der Waals surface area contributed by atoms with Crippen molar-refractivity contribution in [2.45, 2.75) is 97.3 Å². The molecule has 4 heterocycles. The van der Waals surface area contributed by atoms with Gasteiger partial charge in [-0.25, -0.2) is 0 Å². The molecule has 0 bridgehead atoms. The molecule has 0 amide bonds. The average Bonchev–Trinajstić information content (AvgIpc) is 1.55. The summed E-state index contributed by atoms with van der Waals surface area (Å²) in [6.45, 7) is 18.8. The van der Waals surface area contributed by atoms with Gasteiger partial charge in [0, 0.05) is 48.5 Å². The minimum atomic E-state index is -0.0807. The van der Waals surface area contributed by atoms with Crippen molar-refractivity contribution >= 4 is 119 Å². The molecule has 1 aliphatic rings. The zero-order chi connectivity index (χ0) is 62.4. The lowest BCUT2D eigenvalue weighted by atomic mass is 9.81. The summed E-state index contributed by atoms with van der Waals surface area (Å²) in [7, 11) is 0. The van der Waals surface area contributed by atoms with Crippen molar-refractivity contribution in [1.82, 2.24) is 8.80 Å². The van der Waals surface area contributed by atoms with Crippen LogP contribution in [0.25, 0.3) is 164 Å². The van der Waals surface area contributed by atoms with Crippen LogP contribution in [0.15, 0.2) is 243 Å². The van der Waals surface area contributed by atoms with Crippen LogP contribution in [0.2, 0.25) is 0 Å². The maximum absolute atomic E-state index is 2.58. The van der Waals surface area contributed by atoms with Crippen molar-refractivity contribution < 1.29 is 0 Å². The zero-order valence-corrected chi connectivity index (χ0v) is 54.2. The lowest BCUT2D eigenvalue weighted by molar-refractivity contribution is 0.574. The number of hydrogen-bond acceptors (Lipinski definition) is 0. The van der Waals surface area contributed by atoms with E-state index in [1.54, 1.807) is 0 Å². The quantitative estimate of drug-likeness (QED) is 0.129. The van der Waals surface area contributed by atoms with Crippen LogP contribution in [-0.2, 0) is 5.41 Å². The van der Waals surface area contributed by atoms with Crippen molar-refractivity contribution in [2.24, 2.45) is 0 Å². The van der Waals surface area contributed by atoms with Crippen LogP contribution in [0, 0.1) is 0 Å². The van der Waals surface area contributed by atoms with E-state index in [0.717, 1.165) is 12.8 Å². The number of benzene rings is 14. The van der Waals surface area contributed by atoms with Gasteiger partial charge in [0.1, 0.15) is 0 Å². The van der Waals surface area contributed by atoms with Crippen LogP contribution in [0.3, 0.4) is 0 Å². The molecule has 2 unspecified atom stereocenters. The van der Waals surface area contributed by atoms with Gasteiger partial charge in [0.05, 0.1) is 33.1 Å². The number of aromatic nitrogens is 2. The molecule has 0 N–H and O–H groups in total. The van der Waals surface area contributed by atoms with Crippen LogP contribution in [0.4, 0.5) is 0 Å². The molecule has 4 aromatic heterocycles. The lowest BCUT2D eigenvalue weighted by Gasteiger charge is -2.22. The van der Waals surface area contributed by atoms with Crippen molar-refractivity contribution in [2.75, 3.05) is 0 Å². The van der Waals surface area contributed by atoms with Gasteiger partial charge in [0.2, 0.25) is 0 Å². The molecule has 18 aromatic rings. The van der Waals surface area contributed by atoms with Crippen LogP contribution in [0.1, 0.15) is 125 Å². The normalized spacial score (nSPS) is 14.1. The van der Waals surface area contributed by atoms with Gasteiger partial charge >= 0.3 is 0 Å². The molecule has 0 fully saturated rings. The maximum atomic E-state index is 2.58. The first-order chi connectivity index (χ1) is 45.3. The summed E-state index contributed by atoms with van der Waals surface area (Å²) < 4.78 is 5.16. The molecule has 0 spiro atoms. The SMILES string of the molecule is CC(C)c1ccc2cc3c(cc2c1)c1cc(-c2cccc(-c4ccccc4)c2)cc2c4cc5cc(C(C)CCC(C)c6ccc7cc8c(cc7c6)c6cc(-c7ccc9c(c7)C(C)(C)c7ccccc7-9)cc7c9cc%10cc(C(C)C)ccc%10cc9n8c76)ccc5cc4n3c12. The third-order valence-electron chi connectivity index (χ3n) is 22.4. The fourth-order valence-electron chi connectivity index (χ4n) is 17.0. The molecule has 93 heavy (non-hydrogen) atoms. The first-order valence-electron chi connectivity index (χ1n) is 34.0. The highest BCUT2D eigenvalue weighted by Crippen LogP contribution is 2.52. The summed E-state index contributed by atoms with van der Waals surface area (Å²) in [6.07, 6.45) is 2.20. The van der Waals surface area contributed by atoms with E-state index in [0.29, 0.717) is 23.7 Å². The van der Waals surface area contributed by atoms with Crippen LogP contribution < -0.4 is 0 Å². The summed E-state index contributed by atoms with van der Waals surface area (Å²) >= 11 is 0. The number of fused-ring (bicyclic) bond motifs is 19. The van der Waals surface area contributed by atoms with Crippen LogP contribution >= 0.6 is 0 Å². The van der Waals surface area contributed by atoms with Gasteiger partial charge in [-0.3, -0.25) is 0 Å². The molecule has 2 nitrogen and oxygen atoms in total. The molecule has 19 rings (SSSR count). The van der Waals surface area contributed by atoms with E-state index < -0.39 is 0 Å². The Balaban J connectivity index is 0.676. The van der Waals surface area contributed by atoms with E-state index in [2.05, 4.69) is 307 Å². The Kier molecular flexibility index (Phi) is 11.6. The molecule has 0 saturated heterocycles. The molecule has 0 aliphatic heterocycles. The molecule has 14 aromatic carbocycles. The van der Waals surface area contributed by atoms with Crippen LogP contribution in [-0.4, -0.2) is 8.80 Å². The Morgan fingerprint density at radius 2 is 0.645 bits per heavy atom. The number of nitrogens with zero attached hydrogens (tertiary/aromatic N) is 2. The van der Waals surface area contributed by atoms with E-state index in [-0.39, 0.29) is 5.41 Å². The predicted octanol–water partition coefficient (Wildman–Crippen LogP) is 25.8. The smallest absolute Gasteiger partial charge is 0.0620 e. The van der Waals surface area contributed by atoms with Crippen LogP contribution in [0.5, 0.6) is 0 Å². The highest BCUT2D eigenvalue weighted by Gasteiger charge is 2.35. The third-order valence-corrected chi connectivity index (χ3v) is 22.4. The second kappa shape index (κ2) is 19.9. The van der Waals surface area contributed by atoms with Gasteiger partial charge in [-0.15, -0.1) is 0 Å². The summed E-state index contributed by atoms with van der Waals surface area (Å²) in [5, 5.41) is 20.9. The second-order valence-corrected chi connectivity index (χ2v) is 29.0. The molecule has 2 heteroatoms. The molecule has 0 radical (unpaired) electrons. The Morgan fingerprint density at radius 3 is 1.10 bits per heavy atom. The average molecular weight is 1190 g/mol. The summed E-state index contributed by atoms with van der Waals surface area (Å²) in [5.41, 5.74) is 26.2. The third kappa shape index (κ3) is 8.13. The number of rotatable bonds is 10. The van der Waals surface area contributed by atoms with E-state index in [4.69, 9.17) is 0 Å². The summed E-state index contributed by atoms with van der Waals surface area (Å²) in [4.78, 5) is 0. The Morgan fingerprint density at radius 1 is 0.269 bits per heavy atom. The Hall–Kier alpha value is -10.3. The first kappa shape index (κ1) is 54.5. The van der Waals surface area contributed by atoms with Gasteiger partial charge in [0.15, 0.2) is 0 Å². The highest BCUT2D eigenvalue weighted by molar-refractivity contribution is 6.29. The van der Waals surface area contributed by atoms with E-state index >= 15 is 0 Å². The minimum absolute atomic E-state index is 0.0807. The molecule has 446 valence electrons. The highest BCUT2D eigenvalue weighted by atomic mass is 14.9. The van der Waals surface area contributed by atoms with Gasteiger partial charge in [0.25, 0.3) is 0 Å². The van der Waals surface area contributed by atoms with Crippen molar-refractivity contribution in [3.05, 3.63) is 276 Å². The van der Waals surface area contributed by atoms with Gasteiger partial charge < -0.3 is 8.80 Å². The summed E-state index contributed by atoms with van der Waals surface area (Å²) in [5.74, 6) is 1.71.